The van der Waals surface area contributed by atoms with Crippen molar-refractivity contribution in [1.82, 2.24) is 9.88 Å². The van der Waals surface area contributed by atoms with Crippen molar-refractivity contribution in [2.45, 2.75) is 20.0 Å². The van der Waals surface area contributed by atoms with Crippen molar-refractivity contribution < 1.29 is 4.79 Å². The number of fused-ring (bicyclic) bond motifs is 1. The summed E-state index contributed by atoms with van der Waals surface area (Å²) < 4.78 is 0. The first kappa shape index (κ1) is 15.9. The van der Waals surface area contributed by atoms with Crippen molar-refractivity contribution in [2.75, 3.05) is 0 Å². The number of carbonyl (C=O) groups excluding carboxylic acids is 1. The monoisotopic (exact) mass is 348 g/mol. The van der Waals surface area contributed by atoms with Crippen LogP contribution in [0.4, 0.5) is 0 Å². The molecule has 1 aromatic heterocycles. The van der Waals surface area contributed by atoms with Crippen LogP contribution in [-0.4, -0.2) is 15.8 Å². The number of amides is 1. The summed E-state index contributed by atoms with van der Waals surface area (Å²) in [4.78, 5) is 18.8. The zero-order valence-electron chi connectivity index (χ0n) is 13.9. The molecule has 1 aliphatic rings. The Balaban J connectivity index is 1.64. The molecule has 0 bridgehead atoms. The molecule has 0 unspecified atom stereocenters. The molecule has 1 amide bonds. The second-order valence-corrected chi connectivity index (χ2v) is 6.79. The number of aromatic nitrogens is 1. The SMILES string of the molecule is Cc1cc(-c2ccncc2)cc2c1C(=O)N(Cc1ccc(Cl)cc1)C2. The number of hydrogen-bond donors (Lipinski definition) is 0. The maximum atomic E-state index is 12.8. The molecule has 2 heterocycles. The minimum Gasteiger partial charge on any atom is -0.330 e. The van der Waals surface area contributed by atoms with Gasteiger partial charge in [0.1, 0.15) is 0 Å². The van der Waals surface area contributed by atoms with E-state index in [1.807, 2.05) is 48.2 Å². The predicted molar refractivity (Wildman–Crippen MR) is 99.4 cm³/mol. The van der Waals surface area contributed by atoms with Gasteiger partial charge >= 0.3 is 0 Å². The number of benzene rings is 2. The van der Waals surface area contributed by atoms with Crippen LogP contribution < -0.4 is 0 Å². The topological polar surface area (TPSA) is 33.2 Å². The zero-order chi connectivity index (χ0) is 17.4. The summed E-state index contributed by atoms with van der Waals surface area (Å²) in [6.45, 7) is 3.23. The predicted octanol–water partition coefficient (Wildman–Crippen LogP) is 4.87. The quantitative estimate of drug-likeness (QED) is 0.676. The third-order valence-corrected chi connectivity index (χ3v) is 4.83. The number of rotatable bonds is 3. The molecule has 4 heteroatoms. The van der Waals surface area contributed by atoms with Crippen molar-refractivity contribution in [3.05, 3.63) is 88.2 Å². The Kier molecular flexibility index (Phi) is 4.02. The molecule has 0 N–H and O–H groups in total. The van der Waals surface area contributed by atoms with E-state index >= 15 is 0 Å². The molecule has 3 nitrogen and oxygen atoms in total. The van der Waals surface area contributed by atoms with Gasteiger partial charge in [0.05, 0.1) is 0 Å². The van der Waals surface area contributed by atoms with E-state index in [1.54, 1.807) is 12.4 Å². The summed E-state index contributed by atoms with van der Waals surface area (Å²) in [7, 11) is 0. The number of nitrogens with zero attached hydrogens (tertiary/aromatic N) is 2. The lowest BCUT2D eigenvalue weighted by Crippen LogP contribution is -2.23. The van der Waals surface area contributed by atoms with Gasteiger partial charge < -0.3 is 4.90 Å². The van der Waals surface area contributed by atoms with Gasteiger partial charge in [-0.15, -0.1) is 0 Å². The fourth-order valence-corrected chi connectivity index (χ4v) is 3.50. The highest BCUT2D eigenvalue weighted by molar-refractivity contribution is 6.30. The van der Waals surface area contributed by atoms with Crippen molar-refractivity contribution in [2.24, 2.45) is 0 Å². The van der Waals surface area contributed by atoms with Crippen LogP contribution in [0, 0.1) is 6.92 Å². The summed E-state index contributed by atoms with van der Waals surface area (Å²) >= 11 is 5.94. The maximum absolute atomic E-state index is 12.8. The third-order valence-electron chi connectivity index (χ3n) is 4.58. The Morgan fingerprint density at radius 2 is 1.76 bits per heavy atom. The van der Waals surface area contributed by atoms with E-state index in [0.717, 1.165) is 33.4 Å². The maximum Gasteiger partial charge on any atom is 0.255 e. The molecule has 4 rings (SSSR count). The lowest BCUT2D eigenvalue weighted by Gasteiger charge is -2.15. The molecule has 0 spiro atoms. The van der Waals surface area contributed by atoms with E-state index in [0.29, 0.717) is 18.1 Å². The Hall–Kier alpha value is -2.65. The van der Waals surface area contributed by atoms with Crippen LogP contribution in [0.3, 0.4) is 0 Å². The number of aryl methyl sites for hydroxylation is 1. The van der Waals surface area contributed by atoms with Gasteiger partial charge in [-0.25, -0.2) is 0 Å². The first-order valence-corrected chi connectivity index (χ1v) is 8.57. The second-order valence-electron chi connectivity index (χ2n) is 6.35. The van der Waals surface area contributed by atoms with E-state index in [4.69, 9.17) is 11.6 Å². The van der Waals surface area contributed by atoms with E-state index < -0.39 is 0 Å². The van der Waals surface area contributed by atoms with Crippen LogP contribution in [0.25, 0.3) is 11.1 Å². The summed E-state index contributed by atoms with van der Waals surface area (Å²) in [6, 6.07) is 15.8. The molecule has 124 valence electrons. The molecule has 0 saturated carbocycles. The van der Waals surface area contributed by atoms with Gasteiger partial charge in [0, 0.05) is 36.1 Å². The van der Waals surface area contributed by atoms with Gasteiger partial charge in [0.15, 0.2) is 0 Å². The Labute approximate surface area is 151 Å². The molecule has 0 aliphatic carbocycles. The number of pyridine rings is 1. The molecule has 0 fully saturated rings. The Bertz CT molecular complexity index is 936. The van der Waals surface area contributed by atoms with Crippen molar-refractivity contribution >= 4 is 17.5 Å². The molecule has 0 saturated heterocycles. The minimum absolute atomic E-state index is 0.101. The van der Waals surface area contributed by atoms with E-state index in [1.165, 1.54) is 0 Å². The number of halogens is 1. The van der Waals surface area contributed by atoms with Gasteiger partial charge in [-0.2, -0.15) is 0 Å². The lowest BCUT2D eigenvalue weighted by molar-refractivity contribution is 0.0766. The van der Waals surface area contributed by atoms with Crippen LogP contribution >= 0.6 is 11.6 Å². The van der Waals surface area contributed by atoms with Crippen molar-refractivity contribution in [3.63, 3.8) is 0 Å². The molecule has 3 aromatic rings. The highest BCUT2D eigenvalue weighted by Gasteiger charge is 2.29. The molecule has 0 atom stereocenters. The average Bonchev–Trinajstić information content (AvgIpc) is 2.94. The lowest BCUT2D eigenvalue weighted by atomic mass is 9.97. The third kappa shape index (κ3) is 3.03. The first-order chi connectivity index (χ1) is 12.1. The number of hydrogen-bond acceptors (Lipinski definition) is 2. The van der Waals surface area contributed by atoms with Gasteiger partial charge in [-0.1, -0.05) is 29.8 Å². The van der Waals surface area contributed by atoms with Gasteiger partial charge in [0.2, 0.25) is 0 Å². The Morgan fingerprint density at radius 1 is 1.04 bits per heavy atom. The summed E-state index contributed by atoms with van der Waals surface area (Å²) in [5.74, 6) is 0.101. The summed E-state index contributed by atoms with van der Waals surface area (Å²) in [5.41, 5.74) is 6.27. The van der Waals surface area contributed by atoms with Crippen LogP contribution in [-0.2, 0) is 13.1 Å². The first-order valence-electron chi connectivity index (χ1n) is 8.19. The van der Waals surface area contributed by atoms with Crippen LogP contribution in [0.1, 0.15) is 27.0 Å². The molecular weight excluding hydrogens is 332 g/mol. The second kappa shape index (κ2) is 6.34. The highest BCUT2D eigenvalue weighted by Crippen LogP contribution is 2.32. The van der Waals surface area contributed by atoms with Gasteiger partial charge in [-0.05, 0) is 65.1 Å². The van der Waals surface area contributed by atoms with Gasteiger partial charge in [-0.3, -0.25) is 9.78 Å². The Morgan fingerprint density at radius 3 is 2.48 bits per heavy atom. The van der Waals surface area contributed by atoms with Crippen LogP contribution in [0.2, 0.25) is 5.02 Å². The minimum atomic E-state index is 0.101. The summed E-state index contributed by atoms with van der Waals surface area (Å²) in [5, 5.41) is 0.706. The molecule has 0 radical (unpaired) electrons. The largest absolute Gasteiger partial charge is 0.330 e. The van der Waals surface area contributed by atoms with Crippen molar-refractivity contribution in [1.29, 1.82) is 0 Å². The average molecular weight is 349 g/mol. The fourth-order valence-electron chi connectivity index (χ4n) is 3.38. The van der Waals surface area contributed by atoms with Crippen LogP contribution in [0.5, 0.6) is 0 Å². The highest BCUT2D eigenvalue weighted by atomic mass is 35.5. The molecule has 2 aromatic carbocycles. The fraction of sp³-hybridized carbons (Fsp3) is 0.143. The van der Waals surface area contributed by atoms with Crippen LogP contribution in [0.15, 0.2) is 60.9 Å². The van der Waals surface area contributed by atoms with E-state index in [9.17, 15) is 4.79 Å². The van der Waals surface area contributed by atoms with Gasteiger partial charge in [0.25, 0.3) is 5.91 Å². The number of carbonyl (C=O) groups is 1. The molecule has 1 aliphatic heterocycles. The van der Waals surface area contributed by atoms with E-state index in [2.05, 4.69) is 17.1 Å². The standard InChI is InChI=1S/C21H17ClN2O/c1-14-10-17(16-6-8-23-9-7-16)11-18-13-24(21(25)20(14)18)12-15-2-4-19(22)5-3-15/h2-11H,12-13H2,1H3. The zero-order valence-corrected chi connectivity index (χ0v) is 14.6. The summed E-state index contributed by atoms with van der Waals surface area (Å²) in [6.07, 6.45) is 3.58. The molecule has 25 heavy (non-hydrogen) atoms. The normalized spacial score (nSPS) is 13.2. The van der Waals surface area contributed by atoms with E-state index in [-0.39, 0.29) is 5.91 Å². The smallest absolute Gasteiger partial charge is 0.255 e. The van der Waals surface area contributed by atoms with Crippen molar-refractivity contribution in [3.8, 4) is 11.1 Å². The molecular formula is C21H17ClN2O.